The van der Waals surface area contributed by atoms with Gasteiger partial charge in [-0.1, -0.05) is 127 Å². The van der Waals surface area contributed by atoms with E-state index in [1.54, 1.807) is 0 Å². The van der Waals surface area contributed by atoms with E-state index in [-0.39, 0.29) is 6.04 Å². The highest BCUT2D eigenvalue weighted by molar-refractivity contribution is 6.30. The standard InChI is InChI=1S/C48H32N3/c1-4-15-32(16-5-1)34-29-35(33-17-6-2-7-18-33)31-37(30-34)50-40-23-11-10-21-38(40)46-43(50)27-28-44-47(46)39-22-14-26-45-48(39)51(44)42-25-13-12-24-41(42)49(45)36-19-8-3-9-20-36/h1-31,42H/q+1. The summed E-state index contributed by atoms with van der Waals surface area (Å²) in [7, 11) is 0. The van der Waals surface area contributed by atoms with Crippen LogP contribution in [0, 0.1) is 0 Å². The molecule has 9 aromatic rings. The zero-order valence-electron chi connectivity index (χ0n) is 27.8. The van der Waals surface area contributed by atoms with Crippen molar-refractivity contribution in [2.45, 2.75) is 6.04 Å². The first kappa shape index (κ1) is 28.2. The SMILES string of the molecule is C1=CC2=[N+](c3ccccc3)c3cccc4c5c6c7ccccc7n(-c7cc(-c8ccccc8)cc(-c8ccccc8)c7)c6ccc5n(c34)C2C=C1. The van der Waals surface area contributed by atoms with Gasteiger partial charge in [0.05, 0.1) is 16.6 Å². The van der Waals surface area contributed by atoms with Crippen molar-refractivity contribution in [1.82, 2.24) is 13.7 Å². The highest BCUT2D eigenvalue weighted by atomic mass is 15.2. The van der Waals surface area contributed by atoms with Gasteiger partial charge >= 0.3 is 0 Å². The van der Waals surface area contributed by atoms with Gasteiger partial charge < -0.3 is 9.13 Å². The van der Waals surface area contributed by atoms with Crippen LogP contribution in [0.4, 0.5) is 11.4 Å². The van der Waals surface area contributed by atoms with Crippen LogP contribution in [0.1, 0.15) is 6.04 Å². The van der Waals surface area contributed by atoms with Crippen LogP contribution < -0.4 is 4.58 Å². The topological polar surface area (TPSA) is 12.9 Å². The maximum absolute atomic E-state index is 2.57. The lowest BCUT2D eigenvalue weighted by Gasteiger charge is -2.24. The molecule has 51 heavy (non-hydrogen) atoms. The summed E-state index contributed by atoms with van der Waals surface area (Å²) in [5, 5.41) is 5.14. The van der Waals surface area contributed by atoms with E-state index < -0.39 is 0 Å². The van der Waals surface area contributed by atoms with Gasteiger partial charge in [0, 0.05) is 51.5 Å². The van der Waals surface area contributed by atoms with Crippen molar-refractivity contribution in [3.63, 3.8) is 0 Å². The minimum Gasteiger partial charge on any atom is -0.318 e. The molecule has 2 aromatic heterocycles. The Hall–Kier alpha value is -6.71. The lowest BCUT2D eigenvalue weighted by atomic mass is 9.98. The fraction of sp³-hybridized carbons (Fsp3) is 0.0208. The van der Waals surface area contributed by atoms with Gasteiger partial charge in [-0.05, 0) is 58.7 Å². The Labute approximate surface area is 295 Å². The number of hydrogen-bond acceptors (Lipinski definition) is 0. The molecule has 0 saturated carbocycles. The van der Waals surface area contributed by atoms with Crippen molar-refractivity contribution in [2.24, 2.45) is 0 Å². The first-order chi connectivity index (χ1) is 25.3. The fourth-order valence-electron chi connectivity index (χ4n) is 8.66. The van der Waals surface area contributed by atoms with E-state index >= 15 is 0 Å². The molecule has 238 valence electrons. The monoisotopic (exact) mass is 650 g/mol. The Morgan fingerprint density at radius 2 is 1.10 bits per heavy atom. The quantitative estimate of drug-likeness (QED) is 0.168. The molecule has 1 atom stereocenters. The minimum absolute atomic E-state index is 0.0758. The molecule has 3 heteroatoms. The van der Waals surface area contributed by atoms with Crippen molar-refractivity contribution in [3.05, 3.63) is 188 Å². The zero-order chi connectivity index (χ0) is 33.5. The van der Waals surface area contributed by atoms with Crippen molar-refractivity contribution in [2.75, 3.05) is 0 Å². The number of benzene rings is 7. The molecule has 0 amide bonds. The summed E-state index contributed by atoms with van der Waals surface area (Å²) < 4.78 is 7.50. The molecule has 3 heterocycles. The molecule has 11 rings (SSSR count). The van der Waals surface area contributed by atoms with Crippen LogP contribution in [0.3, 0.4) is 0 Å². The fourth-order valence-corrected chi connectivity index (χ4v) is 8.66. The van der Waals surface area contributed by atoms with Gasteiger partial charge in [-0.25, -0.2) is 0 Å². The molecular formula is C48H32N3+. The second-order valence-electron chi connectivity index (χ2n) is 13.5. The Bertz CT molecular complexity index is 2880. The molecule has 0 radical (unpaired) electrons. The normalized spacial score (nSPS) is 15.0. The average Bonchev–Trinajstić information content (AvgIpc) is 3.73. The Morgan fingerprint density at radius 1 is 0.471 bits per heavy atom. The smallest absolute Gasteiger partial charge is 0.235 e. The molecule has 2 aliphatic rings. The molecule has 0 fully saturated rings. The number of aromatic nitrogens is 2. The largest absolute Gasteiger partial charge is 0.318 e. The molecule has 1 aliphatic carbocycles. The first-order valence-corrected chi connectivity index (χ1v) is 17.7. The van der Waals surface area contributed by atoms with Crippen LogP contribution >= 0.6 is 0 Å². The molecule has 0 spiro atoms. The first-order valence-electron chi connectivity index (χ1n) is 17.7. The van der Waals surface area contributed by atoms with Crippen molar-refractivity contribution >= 4 is 60.7 Å². The van der Waals surface area contributed by atoms with Crippen LogP contribution in [-0.4, -0.2) is 14.8 Å². The predicted octanol–water partition coefficient (Wildman–Crippen LogP) is 12.2. The predicted molar refractivity (Wildman–Crippen MR) is 215 cm³/mol. The van der Waals surface area contributed by atoms with Crippen molar-refractivity contribution in [1.29, 1.82) is 0 Å². The van der Waals surface area contributed by atoms with Gasteiger partial charge in [-0.2, -0.15) is 4.58 Å². The summed E-state index contributed by atoms with van der Waals surface area (Å²) in [4.78, 5) is 0. The number of hydrogen-bond donors (Lipinski definition) is 0. The van der Waals surface area contributed by atoms with E-state index in [0.717, 1.165) is 5.69 Å². The molecule has 3 nitrogen and oxygen atoms in total. The van der Waals surface area contributed by atoms with E-state index in [1.165, 1.54) is 83.0 Å². The second kappa shape index (κ2) is 10.9. The van der Waals surface area contributed by atoms with Gasteiger partial charge in [0.2, 0.25) is 17.1 Å². The van der Waals surface area contributed by atoms with Crippen molar-refractivity contribution < 1.29 is 0 Å². The summed E-state index contributed by atoms with van der Waals surface area (Å²) in [6, 6.07) is 59.8. The summed E-state index contributed by atoms with van der Waals surface area (Å²) in [5.74, 6) is 0. The molecule has 0 N–H and O–H groups in total. The Kier molecular flexibility index (Phi) is 6.02. The second-order valence-corrected chi connectivity index (χ2v) is 13.5. The van der Waals surface area contributed by atoms with Crippen LogP contribution in [0.15, 0.2) is 188 Å². The summed E-state index contributed by atoms with van der Waals surface area (Å²) >= 11 is 0. The summed E-state index contributed by atoms with van der Waals surface area (Å²) in [5.41, 5.74) is 14.6. The van der Waals surface area contributed by atoms with E-state index in [2.05, 4.69) is 202 Å². The number of nitrogens with zero attached hydrogens (tertiary/aromatic N) is 3. The van der Waals surface area contributed by atoms with Crippen LogP contribution in [0.5, 0.6) is 0 Å². The summed E-state index contributed by atoms with van der Waals surface area (Å²) in [6.07, 6.45) is 8.97. The van der Waals surface area contributed by atoms with Crippen LogP contribution in [0.25, 0.3) is 71.6 Å². The maximum atomic E-state index is 2.57. The average molecular weight is 651 g/mol. The number of para-hydroxylation sites is 3. The van der Waals surface area contributed by atoms with E-state index in [0.29, 0.717) is 0 Å². The van der Waals surface area contributed by atoms with Gasteiger partial charge in [-0.3, -0.25) is 0 Å². The molecule has 0 bridgehead atoms. The zero-order valence-corrected chi connectivity index (χ0v) is 27.8. The van der Waals surface area contributed by atoms with E-state index in [4.69, 9.17) is 0 Å². The maximum Gasteiger partial charge on any atom is 0.235 e. The Morgan fingerprint density at radius 3 is 1.84 bits per heavy atom. The third-order valence-corrected chi connectivity index (χ3v) is 10.8. The van der Waals surface area contributed by atoms with E-state index in [1.807, 2.05) is 0 Å². The van der Waals surface area contributed by atoms with Gasteiger partial charge in [0.25, 0.3) is 0 Å². The highest BCUT2D eigenvalue weighted by Gasteiger charge is 2.37. The van der Waals surface area contributed by atoms with Gasteiger partial charge in [0.1, 0.15) is 11.6 Å². The molecular weight excluding hydrogens is 619 g/mol. The van der Waals surface area contributed by atoms with Crippen LogP contribution in [-0.2, 0) is 0 Å². The van der Waals surface area contributed by atoms with Gasteiger partial charge in [0.15, 0.2) is 0 Å². The number of allylic oxidation sites excluding steroid dienone is 4. The molecule has 1 unspecified atom stereocenters. The summed E-state index contributed by atoms with van der Waals surface area (Å²) in [6.45, 7) is 0. The molecule has 1 aliphatic heterocycles. The molecule has 7 aromatic carbocycles. The Balaban J connectivity index is 1.25. The number of rotatable bonds is 4. The van der Waals surface area contributed by atoms with Gasteiger partial charge in [-0.15, -0.1) is 0 Å². The number of fused-ring (bicyclic) bond motifs is 9. The highest BCUT2D eigenvalue weighted by Crippen LogP contribution is 2.47. The minimum atomic E-state index is 0.0758. The third-order valence-electron chi connectivity index (χ3n) is 10.8. The van der Waals surface area contributed by atoms with Crippen LogP contribution in [0.2, 0.25) is 0 Å². The van der Waals surface area contributed by atoms with E-state index in [9.17, 15) is 0 Å². The molecule has 0 saturated heterocycles. The van der Waals surface area contributed by atoms with Crippen molar-refractivity contribution in [3.8, 4) is 27.9 Å². The third kappa shape index (κ3) is 4.09. The lowest BCUT2D eigenvalue weighted by Crippen LogP contribution is -2.30. The lowest BCUT2D eigenvalue weighted by molar-refractivity contribution is 0.781.